The second kappa shape index (κ2) is 15.7. The molecule has 6 nitrogen and oxygen atoms in total. The molecule has 0 bridgehead atoms. The summed E-state index contributed by atoms with van der Waals surface area (Å²) in [6.45, 7) is 9.41. The van der Waals surface area contributed by atoms with E-state index in [1.807, 2.05) is 0 Å². The van der Waals surface area contributed by atoms with Crippen LogP contribution in [0.5, 0.6) is 23.0 Å². The zero-order valence-electron chi connectivity index (χ0n) is 19.9. The molecule has 1 aromatic carbocycles. The Hall–Kier alpha value is -2.11. The van der Waals surface area contributed by atoms with E-state index in [1.54, 1.807) is 0 Å². The fourth-order valence-corrected chi connectivity index (χ4v) is 3.54. The molecule has 0 aliphatic heterocycles. The highest BCUT2D eigenvalue weighted by atomic mass is 16.7. The summed E-state index contributed by atoms with van der Waals surface area (Å²) in [6, 6.07) is 0. The van der Waals surface area contributed by atoms with Crippen LogP contribution in [-0.2, 0) is 12.8 Å². The molecule has 0 saturated carbocycles. The van der Waals surface area contributed by atoms with E-state index in [1.165, 1.54) is 0 Å². The first kappa shape index (κ1) is 26.9. The van der Waals surface area contributed by atoms with Crippen molar-refractivity contribution in [2.75, 3.05) is 13.2 Å². The predicted octanol–water partition coefficient (Wildman–Crippen LogP) is 7.27. The Kier molecular flexibility index (Phi) is 13.6. The van der Waals surface area contributed by atoms with Crippen LogP contribution in [0.2, 0.25) is 0 Å². The smallest absolute Gasteiger partial charge is 0.502 e. The minimum atomic E-state index is -1.44. The van der Waals surface area contributed by atoms with Gasteiger partial charge in [0.25, 0.3) is 0 Å². The highest BCUT2D eigenvalue weighted by Crippen LogP contribution is 2.50. The number of rotatable bonds is 17. The standard InChI is InChI=1S/C25H42O6/c1-5-9-13-17-29-23-20(16-12-8-4)19(15-11-7-3)22(31-25(27)28)21(26)24(23)30-18-14-10-6-2/h26H,5-18H2,1-4H3,(H,27,28). The Balaban J connectivity index is 3.52. The minimum absolute atomic E-state index is 0.00143. The Bertz CT molecular complexity index is 656. The van der Waals surface area contributed by atoms with Gasteiger partial charge in [-0.15, -0.1) is 0 Å². The summed E-state index contributed by atoms with van der Waals surface area (Å²) >= 11 is 0. The second-order valence-corrected chi connectivity index (χ2v) is 7.98. The lowest BCUT2D eigenvalue weighted by molar-refractivity contribution is 0.141. The molecule has 6 heteroatoms. The molecule has 0 aliphatic rings. The summed E-state index contributed by atoms with van der Waals surface area (Å²) in [4.78, 5) is 11.4. The first-order valence-corrected chi connectivity index (χ1v) is 12.1. The highest BCUT2D eigenvalue weighted by molar-refractivity contribution is 5.71. The van der Waals surface area contributed by atoms with Gasteiger partial charge in [-0.05, 0) is 38.5 Å². The number of phenolic OH excluding ortho intramolecular Hbond substituents is 1. The van der Waals surface area contributed by atoms with Crippen molar-refractivity contribution in [1.29, 1.82) is 0 Å². The third kappa shape index (κ3) is 8.88. The number of benzene rings is 1. The van der Waals surface area contributed by atoms with Gasteiger partial charge in [-0.3, -0.25) is 0 Å². The van der Waals surface area contributed by atoms with Crippen molar-refractivity contribution in [1.82, 2.24) is 0 Å². The van der Waals surface area contributed by atoms with Gasteiger partial charge in [-0.25, -0.2) is 4.79 Å². The van der Waals surface area contributed by atoms with Crippen LogP contribution < -0.4 is 14.2 Å². The van der Waals surface area contributed by atoms with Crippen molar-refractivity contribution in [3.63, 3.8) is 0 Å². The molecule has 0 radical (unpaired) electrons. The summed E-state index contributed by atoms with van der Waals surface area (Å²) in [5.41, 5.74) is 1.63. The number of carbonyl (C=O) groups is 1. The van der Waals surface area contributed by atoms with Crippen LogP contribution in [-0.4, -0.2) is 29.6 Å². The summed E-state index contributed by atoms with van der Waals surface area (Å²) < 4.78 is 17.3. The maximum absolute atomic E-state index is 11.4. The van der Waals surface area contributed by atoms with Crippen molar-refractivity contribution >= 4 is 6.16 Å². The molecular formula is C25H42O6. The normalized spacial score (nSPS) is 10.8. The van der Waals surface area contributed by atoms with Gasteiger partial charge in [0, 0.05) is 11.1 Å². The minimum Gasteiger partial charge on any atom is -0.502 e. The SMILES string of the molecule is CCCCCOc1c(O)c(OC(=O)O)c(CCCC)c(CCCC)c1OCCCCC. The molecule has 0 amide bonds. The fourth-order valence-electron chi connectivity index (χ4n) is 3.54. The van der Waals surface area contributed by atoms with Crippen LogP contribution in [0.25, 0.3) is 0 Å². The first-order chi connectivity index (χ1) is 15.0. The monoisotopic (exact) mass is 438 g/mol. The van der Waals surface area contributed by atoms with E-state index in [0.29, 0.717) is 25.4 Å². The summed E-state index contributed by atoms with van der Waals surface area (Å²) in [6.07, 6.45) is 9.61. The van der Waals surface area contributed by atoms with Crippen molar-refractivity contribution in [2.45, 2.75) is 105 Å². The topological polar surface area (TPSA) is 85.2 Å². The molecule has 0 aliphatic carbocycles. The molecule has 1 rings (SSSR count). The Morgan fingerprint density at radius 3 is 1.58 bits per heavy atom. The molecule has 0 spiro atoms. The summed E-state index contributed by atoms with van der Waals surface area (Å²) in [5, 5.41) is 20.3. The average Bonchev–Trinajstić information content (AvgIpc) is 2.75. The lowest BCUT2D eigenvalue weighted by Gasteiger charge is -2.23. The lowest BCUT2D eigenvalue weighted by Crippen LogP contribution is -2.12. The van der Waals surface area contributed by atoms with Gasteiger partial charge in [0.1, 0.15) is 0 Å². The lowest BCUT2D eigenvalue weighted by atomic mass is 9.94. The molecule has 178 valence electrons. The van der Waals surface area contributed by atoms with Crippen molar-refractivity contribution in [3.8, 4) is 23.0 Å². The fraction of sp³-hybridized carbons (Fsp3) is 0.720. The molecule has 0 atom stereocenters. The van der Waals surface area contributed by atoms with E-state index < -0.39 is 6.16 Å². The third-order valence-electron chi connectivity index (χ3n) is 5.29. The van der Waals surface area contributed by atoms with Crippen molar-refractivity contribution in [2.24, 2.45) is 0 Å². The highest BCUT2D eigenvalue weighted by Gasteiger charge is 2.28. The molecule has 0 unspecified atom stereocenters. The van der Waals surface area contributed by atoms with Gasteiger partial charge in [-0.1, -0.05) is 66.2 Å². The maximum atomic E-state index is 11.4. The number of ether oxygens (including phenoxy) is 3. The zero-order valence-corrected chi connectivity index (χ0v) is 19.9. The molecule has 31 heavy (non-hydrogen) atoms. The van der Waals surface area contributed by atoms with Gasteiger partial charge in [0.05, 0.1) is 13.2 Å². The van der Waals surface area contributed by atoms with Gasteiger partial charge in [0.2, 0.25) is 11.5 Å². The van der Waals surface area contributed by atoms with Crippen LogP contribution in [0.1, 0.15) is 103 Å². The number of hydrogen-bond donors (Lipinski definition) is 2. The molecule has 0 heterocycles. The number of hydrogen-bond acceptors (Lipinski definition) is 5. The van der Waals surface area contributed by atoms with Crippen LogP contribution in [0.4, 0.5) is 4.79 Å². The van der Waals surface area contributed by atoms with Crippen LogP contribution in [0.3, 0.4) is 0 Å². The largest absolute Gasteiger partial charge is 0.511 e. The Morgan fingerprint density at radius 2 is 1.13 bits per heavy atom. The van der Waals surface area contributed by atoms with E-state index in [-0.39, 0.29) is 17.2 Å². The zero-order chi connectivity index (χ0) is 23.1. The van der Waals surface area contributed by atoms with E-state index >= 15 is 0 Å². The number of phenols is 1. The van der Waals surface area contributed by atoms with Gasteiger partial charge >= 0.3 is 6.16 Å². The van der Waals surface area contributed by atoms with Gasteiger partial charge < -0.3 is 24.4 Å². The molecule has 0 fully saturated rings. The molecule has 0 saturated heterocycles. The first-order valence-electron chi connectivity index (χ1n) is 12.1. The summed E-state index contributed by atoms with van der Waals surface area (Å²) in [7, 11) is 0. The van der Waals surface area contributed by atoms with Crippen LogP contribution >= 0.6 is 0 Å². The predicted molar refractivity (Wildman–Crippen MR) is 124 cm³/mol. The summed E-state index contributed by atoms with van der Waals surface area (Å²) in [5.74, 6) is 0.506. The number of aromatic hydroxyl groups is 1. The van der Waals surface area contributed by atoms with E-state index in [4.69, 9.17) is 14.2 Å². The van der Waals surface area contributed by atoms with Gasteiger partial charge in [-0.2, -0.15) is 0 Å². The quantitative estimate of drug-likeness (QED) is 0.151. The second-order valence-electron chi connectivity index (χ2n) is 7.98. The van der Waals surface area contributed by atoms with Crippen molar-refractivity contribution < 1.29 is 29.2 Å². The molecule has 0 aromatic heterocycles. The molecule has 2 N–H and O–H groups in total. The molecule has 1 aromatic rings. The molecular weight excluding hydrogens is 396 g/mol. The average molecular weight is 439 g/mol. The van der Waals surface area contributed by atoms with Crippen LogP contribution in [0.15, 0.2) is 0 Å². The van der Waals surface area contributed by atoms with Crippen LogP contribution in [0, 0.1) is 0 Å². The third-order valence-corrected chi connectivity index (χ3v) is 5.29. The van der Waals surface area contributed by atoms with E-state index in [2.05, 4.69) is 27.7 Å². The number of unbranched alkanes of at least 4 members (excludes halogenated alkanes) is 6. The maximum Gasteiger partial charge on any atom is 0.511 e. The Morgan fingerprint density at radius 1 is 0.677 bits per heavy atom. The van der Waals surface area contributed by atoms with Crippen molar-refractivity contribution in [3.05, 3.63) is 11.1 Å². The van der Waals surface area contributed by atoms with Gasteiger partial charge in [0.15, 0.2) is 11.5 Å². The number of carboxylic acid groups (broad SMARTS) is 1. The van der Waals surface area contributed by atoms with E-state index in [0.717, 1.165) is 81.8 Å². The Labute approximate surface area is 187 Å². The van der Waals surface area contributed by atoms with E-state index in [9.17, 15) is 15.0 Å².